The third kappa shape index (κ3) is 4.90. The minimum atomic E-state index is 1.13. The van der Waals surface area contributed by atoms with E-state index in [-0.39, 0.29) is 0 Å². The van der Waals surface area contributed by atoms with Gasteiger partial charge < -0.3 is 0 Å². The summed E-state index contributed by atoms with van der Waals surface area (Å²) in [5.41, 5.74) is 4.38. The molecule has 2 aromatic rings. The Kier molecular flexibility index (Phi) is 5.80. The summed E-state index contributed by atoms with van der Waals surface area (Å²) in [6.07, 6.45) is 9.33. The highest BCUT2D eigenvalue weighted by Gasteiger charge is 1.99. The maximum absolute atomic E-state index is 2.40. The predicted octanol–water partition coefficient (Wildman–Crippen LogP) is 6.47. The monoisotopic (exact) mass is 278 g/mol. The van der Waals surface area contributed by atoms with Gasteiger partial charge in [-0.1, -0.05) is 65.8 Å². The summed E-state index contributed by atoms with van der Waals surface area (Å²) in [6, 6.07) is 15.3. The molecule has 0 fully saturated rings. The third-order valence-electron chi connectivity index (χ3n) is 3.88. The van der Waals surface area contributed by atoms with Gasteiger partial charge >= 0.3 is 0 Å². The van der Waals surface area contributed by atoms with Crippen molar-refractivity contribution in [3.05, 3.63) is 71.3 Å². The second kappa shape index (κ2) is 7.83. The van der Waals surface area contributed by atoms with Gasteiger partial charge in [0.25, 0.3) is 0 Å². The zero-order valence-electron chi connectivity index (χ0n) is 13.5. The van der Waals surface area contributed by atoms with Gasteiger partial charge in [-0.2, -0.15) is 0 Å². The van der Waals surface area contributed by atoms with Crippen molar-refractivity contribution in [2.45, 2.75) is 46.5 Å². The Hall–Kier alpha value is -1.82. The largest absolute Gasteiger partial charge is 0.0856 e. The number of allylic oxidation sites excluding steroid dienone is 4. The number of fused-ring (bicyclic) bond motifs is 1. The molecule has 0 spiro atoms. The highest BCUT2D eigenvalue weighted by molar-refractivity contribution is 5.85. The SMILES string of the molecule is CC(C)=CCC/C(C)=C/CCc1cccc2ccccc12. The molecule has 0 N–H and O–H groups in total. The highest BCUT2D eigenvalue weighted by atomic mass is 14.0. The molecule has 0 aliphatic rings. The molecule has 0 radical (unpaired) electrons. The van der Waals surface area contributed by atoms with E-state index in [2.05, 4.69) is 75.4 Å². The van der Waals surface area contributed by atoms with Crippen molar-refractivity contribution < 1.29 is 0 Å². The first-order valence-corrected chi connectivity index (χ1v) is 7.92. The fourth-order valence-electron chi connectivity index (χ4n) is 2.68. The van der Waals surface area contributed by atoms with Gasteiger partial charge in [-0.3, -0.25) is 0 Å². The van der Waals surface area contributed by atoms with Crippen molar-refractivity contribution in [3.8, 4) is 0 Å². The first kappa shape index (κ1) is 15.6. The van der Waals surface area contributed by atoms with Crippen molar-refractivity contribution in [1.82, 2.24) is 0 Å². The normalized spacial score (nSPS) is 11.7. The summed E-state index contributed by atoms with van der Waals surface area (Å²) >= 11 is 0. The summed E-state index contributed by atoms with van der Waals surface area (Å²) in [7, 11) is 0. The van der Waals surface area contributed by atoms with Crippen LogP contribution in [0.3, 0.4) is 0 Å². The molecule has 0 unspecified atom stereocenters. The van der Waals surface area contributed by atoms with Crippen LogP contribution in [0.15, 0.2) is 65.8 Å². The van der Waals surface area contributed by atoms with Crippen LogP contribution in [-0.2, 0) is 6.42 Å². The van der Waals surface area contributed by atoms with Crippen LogP contribution >= 0.6 is 0 Å². The van der Waals surface area contributed by atoms with E-state index >= 15 is 0 Å². The average molecular weight is 278 g/mol. The van der Waals surface area contributed by atoms with E-state index in [1.54, 1.807) is 0 Å². The van der Waals surface area contributed by atoms with Crippen LogP contribution in [0.4, 0.5) is 0 Å². The van der Waals surface area contributed by atoms with E-state index < -0.39 is 0 Å². The van der Waals surface area contributed by atoms with E-state index in [0.717, 1.165) is 12.8 Å². The minimum absolute atomic E-state index is 1.13. The van der Waals surface area contributed by atoms with Crippen LogP contribution < -0.4 is 0 Å². The van der Waals surface area contributed by atoms with E-state index in [1.165, 1.54) is 40.3 Å². The Morgan fingerprint density at radius 1 is 0.857 bits per heavy atom. The highest BCUT2D eigenvalue weighted by Crippen LogP contribution is 2.20. The topological polar surface area (TPSA) is 0 Å². The Balaban J connectivity index is 1.94. The molecule has 0 bridgehead atoms. The molecule has 0 aliphatic heterocycles. The first-order chi connectivity index (χ1) is 10.2. The van der Waals surface area contributed by atoms with Crippen molar-refractivity contribution in [2.75, 3.05) is 0 Å². The number of hydrogen-bond donors (Lipinski definition) is 0. The van der Waals surface area contributed by atoms with E-state index in [9.17, 15) is 0 Å². The lowest BCUT2D eigenvalue weighted by Crippen LogP contribution is -1.87. The summed E-state index contributed by atoms with van der Waals surface area (Å²) in [6.45, 7) is 6.58. The van der Waals surface area contributed by atoms with Crippen LogP contribution in [0.5, 0.6) is 0 Å². The Morgan fingerprint density at radius 3 is 2.43 bits per heavy atom. The van der Waals surface area contributed by atoms with Crippen LogP contribution in [0, 0.1) is 0 Å². The lowest BCUT2D eigenvalue weighted by atomic mass is 10.00. The molecule has 0 amide bonds. The Morgan fingerprint density at radius 2 is 1.62 bits per heavy atom. The molecule has 0 aliphatic carbocycles. The molecule has 0 heteroatoms. The average Bonchev–Trinajstić information content (AvgIpc) is 2.47. The fourth-order valence-corrected chi connectivity index (χ4v) is 2.68. The van der Waals surface area contributed by atoms with Gasteiger partial charge in [0.2, 0.25) is 0 Å². The predicted molar refractivity (Wildman–Crippen MR) is 94.7 cm³/mol. The summed E-state index contributed by atoms with van der Waals surface area (Å²) < 4.78 is 0. The van der Waals surface area contributed by atoms with Crippen LogP contribution in [-0.4, -0.2) is 0 Å². The molecule has 2 aromatic carbocycles. The maximum atomic E-state index is 2.40. The first-order valence-electron chi connectivity index (χ1n) is 7.92. The molecule has 0 heterocycles. The molecular weight excluding hydrogens is 252 g/mol. The summed E-state index contributed by atoms with van der Waals surface area (Å²) in [5, 5.41) is 2.75. The molecule has 0 saturated carbocycles. The maximum Gasteiger partial charge on any atom is -0.0152 e. The zero-order valence-corrected chi connectivity index (χ0v) is 13.5. The molecule has 2 rings (SSSR count). The second-order valence-electron chi connectivity index (χ2n) is 6.05. The summed E-state index contributed by atoms with van der Waals surface area (Å²) in [4.78, 5) is 0. The van der Waals surface area contributed by atoms with Crippen molar-refractivity contribution in [1.29, 1.82) is 0 Å². The second-order valence-corrected chi connectivity index (χ2v) is 6.05. The smallest absolute Gasteiger partial charge is 0.0152 e. The third-order valence-corrected chi connectivity index (χ3v) is 3.88. The standard InChI is InChI=1S/C21H26/c1-17(2)9-6-10-18(3)11-7-13-20-15-8-14-19-12-4-5-16-21(19)20/h4-5,8-9,11-12,14-16H,6-7,10,13H2,1-3H3/b18-11+. The minimum Gasteiger partial charge on any atom is -0.0856 e. The molecule has 21 heavy (non-hydrogen) atoms. The van der Waals surface area contributed by atoms with Gasteiger partial charge in [-0.05, 0) is 62.8 Å². The van der Waals surface area contributed by atoms with Crippen molar-refractivity contribution in [2.24, 2.45) is 0 Å². The number of hydrogen-bond acceptors (Lipinski definition) is 0. The number of benzene rings is 2. The zero-order chi connectivity index (χ0) is 15.1. The lowest BCUT2D eigenvalue weighted by molar-refractivity contribution is 0.928. The fraction of sp³-hybridized carbons (Fsp3) is 0.333. The molecular formula is C21H26. The Bertz CT molecular complexity index is 635. The van der Waals surface area contributed by atoms with Crippen LogP contribution in [0.1, 0.15) is 45.6 Å². The number of aryl methyl sites for hydroxylation is 1. The molecule has 0 saturated heterocycles. The van der Waals surface area contributed by atoms with Crippen LogP contribution in [0.25, 0.3) is 10.8 Å². The van der Waals surface area contributed by atoms with Gasteiger partial charge in [0.1, 0.15) is 0 Å². The number of rotatable bonds is 6. The van der Waals surface area contributed by atoms with Crippen LogP contribution in [0.2, 0.25) is 0 Å². The lowest BCUT2D eigenvalue weighted by Gasteiger charge is -2.05. The molecule has 0 atom stereocenters. The quantitative estimate of drug-likeness (QED) is 0.531. The van der Waals surface area contributed by atoms with E-state index in [0.29, 0.717) is 0 Å². The van der Waals surface area contributed by atoms with E-state index in [1.807, 2.05) is 0 Å². The van der Waals surface area contributed by atoms with Gasteiger partial charge in [0.05, 0.1) is 0 Å². The molecule has 0 nitrogen and oxygen atoms in total. The summed E-state index contributed by atoms with van der Waals surface area (Å²) in [5.74, 6) is 0. The van der Waals surface area contributed by atoms with Crippen molar-refractivity contribution in [3.63, 3.8) is 0 Å². The van der Waals surface area contributed by atoms with Gasteiger partial charge in [-0.15, -0.1) is 0 Å². The van der Waals surface area contributed by atoms with Crippen molar-refractivity contribution >= 4 is 10.8 Å². The Labute approximate surface area is 129 Å². The van der Waals surface area contributed by atoms with Gasteiger partial charge in [0, 0.05) is 0 Å². The molecule has 0 aromatic heterocycles. The molecule has 110 valence electrons. The van der Waals surface area contributed by atoms with E-state index in [4.69, 9.17) is 0 Å². The van der Waals surface area contributed by atoms with Gasteiger partial charge in [0.15, 0.2) is 0 Å². The van der Waals surface area contributed by atoms with Gasteiger partial charge in [-0.25, -0.2) is 0 Å².